The van der Waals surface area contributed by atoms with Crippen LogP contribution in [0.2, 0.25) is 5.02 Å². The van der Waals surface area contributed by atoms with Gasteiger partial charge in [0.25, 0.3) is 5.91 Å². The molecule has 0 aliphatic rings. The molecule has 0 aliphatic carbocycles. The van der Waals surface area contributed by atoms with Gasteiger partial charge < -0.3 is 10.4 Å². The second kappa shape index (κ2) is 6.60. The Balaban J connectivity index is 2.23. The van der Waals surface area contributed by atoms with Crippen molar-refractivity contribution in [2.45, 2.75) is 0 Å². The van der Waals surface area contributed by atoms with Crippen LogP contribution in [0, 0.1) is 0 Å². The molecular formula is C14H8Br2ClNO3. The van der Waals surface area contributed by atoms with Gasteiger partial charge in [0, 0.05) is 14.6 Å². The molecule has 21 heavy (non-hydrogen) atoms. The number of halogens is 3. The highest BCUT2D eigenvalue weighted by atomic mass is 79.9. The van der Waals surface area contributed by atoms with E-state index in [0.29, 0.717) is 15.7 Å². The van der Waals surface area contributed by atoms with Crippen LogP contribution in [0.5, 0.6) is 0 Å². The Morgan fingerprint density at radius 3 is 2.29 bits per heavy atom. The van der Waals surface area contributed by atoms with Crippen molar-refractivity contribution in [3.63, 3.8) is 0 Å². The lowest BCUT2D eigenvalue weighted by Crippen LogP contribution is -2.12. The summed E-state index contributed by atoms with van der Waals surface area (Å²) in [6, 6.07) is 9.40. The van der Waals surface area contributed by atoms with E-state index < -0.39 is 5.97 Å². The summed E-state index contributed by atoms with van der Waals surface area (Å²) in [4.78, 5) is 23.0. The molecule has 0 saturated heterocycles. The van der Waals surface area contributed by atoms with Crippen LogP contribution in [0.25, 0.3) is 0 Å². The molecule has 0 aromatic heterocycles. The number of hydrogen-bond acceptors (Lipinski definition) is 2. The van der Waals surface area contributed by atoms with E-state index in [-0.39, 0.29) is 16.5 Å². The van der Waals surface area contributed by atoms with Crippen LogP contribution in [0.3, 0.4) is 0 Å². The molecule has 7 heteroatoms. The van der Waals surface area contributed by atoms with Crippen LogP contribution in [0.4, 0.5) is 5.69 Å². The van der Waals surface area contributed by atoms with Gasteiger partial charge in [-0.3, -0.25) is 4.79 Å². The van der Waals surface area contributed by atoms with Gasteiger partial charge >= 0.3 is 5.97 Å². The second-order valence-corrected chi connectivity index (χ2v) is 6.26. The molecule has 2 aromatic rings. The Morgan fingerprint density at radius 1 is 1.05 bits per heavy atom. The van der Waals surface area contributed by atoms with Crippen LogP contribution in [0.15, 0.2) is 45.3 Å². The van der Waals surface area contributed by atoms with Crippen molar-refractivity contribution in [3.05, 3.63) is 61.5 Å². The van der Waals surface area contributed by atoms with E-state index >= 15 is 0 Å². The van der Waals surface area contributed by atoms with Crippen molar-refractivity contribution in [2.24, 2.45) is 0 Å². The first-order valence-corrected chi connectivity index (χ1v) is 7.64. The maximum atomic E-state index is 12.2. The predicted octanol–water partition coefficient (Wildman–Crippen LogP) is 4.82. The predicted molar refractivity (Wildman–Crippen MR) is 88.2 cm³/mol. The molecule has 0 radical (unpaired) electrons. The minimum Gasteiger partial charge on any atom is -0.478 e. The van der Waals surface area contributed by atoms with Crippen LogP contribution < -0.4 is 5.32 Å². The summed E-state index contributed by atoms with van der Waals surface area (Å²) in [5.74, 6) is -1.44. The largest absolute Gasteiger partial charge is 0.478 e. The molecule has 0 spiro atoms. The van der Waals surface area contributed by atoms with Crippen LogP contribution in [-0.2, 0) is 0 Å². The van der Waals surface area contributed by atoms with Gasteiger partial charge in [0.2, 0.25) is 0 Å². The minimum absolute atomic E-state index is 0.0144. The first-order chi connectivity index (χ1) is 9.88. The highest BCUT2D eigenvalue weighted by Crippen LogP contribution is 2.25. The fourth-order valence-corrected chi connectivity index (χ4v) is 3.13. The van der Waals surface area contributed by atoms with Gasteiger partial charge in [-0.15, -0.1) is 0 Å². The summed E-state index contributed by atoms with van der Waals surface area (Å²) in [6.07, 6.45) is 0. The molecule has 0 fully saturated rings. The zero-order chi connectivity index (χ0) is 15.6. The number of rotatable bonds is 3. The monoisotopic (exact) mass is 431 g/mol. The Labute approximate surface area is 142 Å². The smallest absolute Gasteiger partial charge is 0.337 e. The van der Waals surface area contributed by atoms with Crippen LogP contribution in [0.1, 0.15) is 20.7 Å². The van der Waals surface area contributed by atoms with Crippen LogP contribution >= 0.6 is 43.5 Å². The summed E-state index contributed by atoms with van der Waals surface area (Å²) in [5, 5.41) is 11.6. The second-order valence-electron chi connectivity index (χ2n) is 4.08. The van der Waals surface area contributed by atoms with E-state index in [1.807, 2.05) is 0 Å². The van der Waals surface area contributed by atoms with Crippen molar-refractivity contribution in [1.29, 1.82) is 0 Å². The first-order valence-electron chi connectivity index (χ1n) is 5.67. The van der Waals surface area contributed by atoms with Crippen LogP contribution in [-0.4, -0.2) is 17.0 Å². The number of aromatic carboxylic acids is 1. The molecule has 0 saturated carbocycles. The third kappa shape index (κ3) is 3.84. The van der Waals surface area contributed by atoms with Gasteiger partial charge in [-0.1, -0.05) is 27.5 Å². The molecule has 2 rings (SSSR count). The number of carbonyl (C=O) groups excluding carboxylic acids is 1. The van der Waals surface area contributed by atoms with Gasteiger partial charge in [-0.05, 0) is 52.3 Å². The lowest BCUT2D eigenvalue weighted by Gasteiger charge is -2.08. The van der Waals surface area contributed by atoms with Crippen molar-refractivity contribution >= 4 is 61.0 Å². The quantitative estimate of drug-likeness (QED) is 0.730. The maximum absolute atomic E-state index is 12.2. The van der Waals surface area contributed by atoms with Gasteiger partial charge in [0.05, 0.1) is 16.1 Å². The maximum Gasteiger partial charge on any atom is 0.337 e. The van der Waals surface area contributed by atoms with Crippen molar-refractivity contribution in [1.82, 2.24) is 0 Å². The van der Waals surface area contributed by atoms with Gasteiger partial charge in [0.15, 0.2) is 0 Å². The summed E-state index contributed by atoms with van der Waals surface area (Å²) < 4.78 is 1.49. The number of carboxylic acid groups (broad SMARTS) is 1. The molecule has 4 nitrogen and oxygen atoms in total. The Hall–Kier alpha value is -1.37. The molecule has 0 unspecified atom stereocenters. The fourth-order valence-electron chi connectivity index (χ4n) is 1.64. The Morgan fingerprint density at radius 2 is 1.71 bits per heavy atom. The summed E-state index contributed by atoms with van der Waals surface area (Å²) in [6.45, 7) is 0. The number of amides is 1. The third-order valence-corrected chi connectivity index (χ3v) is 4.10. The molecule has 0 atom stereocenters. The number of hydrogen-bond donors (Lipinski definition) is 2. The molecule has 108 valence electrons. The highest BCUT2D eigenvalue weighted by molar-refractivity contribution is 9.11. The van der Waals surface area contributed by atoms with E-state index in [0.717, 1.165) is 4.47 Å². The summed E-state index contributed by atoms with van der Waals surface area (Å²) >= 11 is 12.5. The normalized spacial score (nSPS) is 10.2. The van der Waals surface area contributed by atoms with Crippen molar-refractivity contribution in [2.75, 3.05) is 5.32 Å². The number of carboxylic acids is 1. The molecule has 0 bridgehead atoms. The summed E-state index contributed by atoms with van der Waals surface area (Å²) in [5.41, 5.74) is 0.862. The molecule has 0 aliphatic heterocycles. The number of nitrogens with one attached hydrogen (secondary N) is 1. The Bertz CT molecular complexity index is 734. The summed E-state index contributed by atoms with van der Waals surface area (Å²) in [7, 11) is 0. The Kier molecular flexibility index (Phi) is 5.03. The van der Waals surface area contributed by atoms with Gasteiger partial charge in [0.1, 0.15) is 0 Å². The SMILES string of the molecule is O=C(O)c1ccc(NC(=O)c2ccc(Br)cc2Br)cc1Cl. The van der Waals surface area contributed by atoms with E-state index in [9.17, 15) is 9.59 Å². The number of benzene rings is 2. The van der Waals surface area contributed by atoms with E-state index in [2.05, 4.69) is 37.2 Å². The third-order valence-electron chi connectivity index (χ3n) is 2.63. The highest BCUT2D eigenvalue weighted by Gasteiger charge is 2.13. The molecule has 0 heterocycles. The minimum atomic E-state index is -1.12. The fraction of sp³-hybridized carbons (Fsp3) is 0. The number of anilines is 1. The van der Waals surface area contributed by atoms with Crippen molar-refractivity contribution in [3.8, 4) is 0 Å². The van der Waals surface area contributed by atoms with E-state index in [1.165, 1.54) is 18.2 Å². The average molecular weight is 433 g/mol. The zero-order valence-electron chi connectivity index (χ0n) is 10.4. The van der Waals surface area contributed by atoms with Crippen molar-refractivity contribution < 1.29 is 14.7 Å². The lowest BCUT2D eigenvalue weighted by atomic mass is 10.2. The molecule has 2 aromatic carbocycles. The first kappa shape index (κ1) is 16.0. The topological polar surface area (TPSA) is 66.4 Å². The van der Waals surface area contributed by atoms with E-state index in [4.69, 9.17) is 16.7 Å². The molecule has 1 amide bonds. The zero-order valence-corrected chi connectivity index (χ0v) is 14.3. The van der Waals surface area contributed by atoms with E-state index in [1.54, 1.807) is 18.2 Å². The van der Waals surface area contributed by atoms with Gasteiger partial charge in [-0.25, -0.2) is 4.79 Å². The average Bonchev–Trinajstić information content (AvgIpc) is 2.37. The standard InChI is InChI=1S/C14H8Br2ClNO3/c15-7-1-3-9(11(16)5-7)13(19)18-8-2-4-10(14(20)21)12(17)6-8/h1-6H,(H,18,19)(H,20,21). The lowest BCUT2D eigenvalue weighted by molar-refractivity contribution is 0.0697. The molecular weight excluding hydrogens is 425 g/mol. The number of carbonyl (C=O) groups is 2. The van der Waals surface area contributed by atoms with Gasteiger partial charge in [-0.2, -0.15) is 0 Å². The molecule has 2 N–H and O–H groups in total.